The highest BCUT2D eigenvalue weighted by molar-refractivity contribution is 4.95. The SMILES string of the molecule is C=C(C)C(CCCCCC(N)N)CCC(C)CCCCCC. The lowest BCUT2D eigenvalue weighted by atomic mass is 9.86. The van der Waals surface area contributed by atoms with Crippen molar-refractivity contribution in [3.8, 4) is 0 Å². The van der Waals surface area contributed by atoms with Crippen LogP contribution in [0.25, 0.3) is 0 Å². The Kier molecular flexibility index (Phi) is 14.0. The van der Waals surface area contributed by atoms with Crippen LogP contribution in [0.4, 0.5) is 0 Å². The molecule has 4 N–H and O–H groups in total. The van der Waals surface area contributed by atoms with Gasteiger partial charge in [-0.15, -0.1) is 0 Å². The molecule has 0 bridgehead atoms. The lowest BCUT2D eigenvalue weighted by Gasteiger charge is -2.20. The first-order valence-electron chi connectivity index (χ1n) is 9.63. The summed E-state index contributed by atoms with van der Waals surface area (Å²) in [4.78, 5) is 0. The van der Waals surface area contributed by atoms with Crippen LogP contribution in [0.1, 0.15) is 97.8 Å². The Morgan fingerprint density at radius 1 is 0.818 bits per heavy atom. The predicted molar refractivity (Wildman–Crippen MR) is 101 cm³/mol. The van der Waals surface area contributed by atoms with E-state index in [0.29, 0.717) is 5.92 Å². The molecule has 0 aliphatic carbocycles. The van der Waals surface area contributed by atoms with E-state index in [4.69, 9.17) is 11.5 Å². The van der Waals surface area contributed by atoms with Crippen molar-refractivity contribution in [2.75, 3.05) is 0 Å². The molecule has 0 aromatic rings. The van der Waals surface area contributed by atoms with Crippen molar-refractivity contribution in [3.63, 3.8) is 0 Å². The molecule has 0 amide bonds. The lowest BCUT2D eigenvalue weighted by Crippen LogP contribution is -2.29. The first-order chi connectivity index (χ1) is 10.5. The molecule has 0 aliphatic heterocycles. The number of rotatable bonds is 15. The Bertz CT molecular complexity index is 260. The van der Waals surface area contributed by atoms with Crippen LogP contribution in [0.5, 0.6) is 0 Å². The van der Waals surface area contributed by atoms with Crippen LogP contribution in [0.3, 0.4) is 0 Å². The largest absolute Gasteiger partial charge is 0.316 e. The summed E-state index contributed by atoms with van der Waals surface area (Å²) in [5, 5.41) is 0. The van der Waals surface area contributed by atoms with E-state index in [1.165, 1.54) is 69.8 Å². The van der Waals surface area contributed by atoms with Crippen molar-refractivity contribution < 1.29 is 0 Å². The summed E-state index contributed by atoms with van der Waals surface area (Å²) in [5.41, 5.74) is 12.5. The second-order valence-corrected chi connectivity index (χ2v) is 7.38. The van der Waals surface area contributed by atoms with E-state index in [2.05, 4.69) is 27.4 Å². The second-order valence-electron chi connectivity index (χ2n) is 7.38. The Balaban J connectivity index is 3.77. The summed E-state index contributed by atoms with van der Waals surface area (Å²) >= 11 is 0. The van der Waals surface area contributed by atoms with Gasteiger partial charge in [-0.3, -0.25) is 0 Å². The van der Waals surface area contributed by atoms with Gasteiger partial charge in [0.15, 0.2) is 0 Å². The maximum atomic E-state index is 5.59. The number of allylic oxidation sites excluding steroid dienone is 1. The molecule has 0 aromatic carbocycles. The second kappa shape index (κ2) is 14.3. The third kappa shape index (κ3) is 13.3. The van der Waals surface area contributed by atoms with Crippen molar-refractivity contribution in [2.24, 2.45) is 23.3 Å². The van der Waals surface area contributed by atoms with Crippen LogP contribution in [0.15, 0.2) is 12.2 Å². The molecule has 2 atom stereocenters. The molecule has 0 fully saturated rings. The number of nitrogens with two attached hydrogens (primary N) is 2. The summed E-state index contributed by atoms with van der Waals surface area (Å²) in [6.45, 7) is 11.1. The van der Waals surface area contributed by atoms with E-state index >= 15 is 0 Å². The fourth-order valence-electron chi connectivity index (χ4n) is 3.13. The fraction of sp³-hybridized carbons (Fsp3) is 0.900. The van der Waals surface area contributed by atoms with Crippen molar-refractivity contribution in [2.45, 2.75) is 104 Å². The maximum Gasteiger partial charge on any atom is 0.0520 e. The van der Waals surface area contributed by atoms with Gasteiger partial charge in [-0.1, -0.05) is 83.8 Å². The van der Waals surface area contributed by atoms with Gasteiger partial charge in [0.05, 0.1) is 6.17 Å². The number of hydrogen-bond acceptors (Lipinski definition) is 2. The molecule has 0 radical (unpaired) electrons. The zero-order valence-corrected chi connectivity index (χ0v) is 15.6. The molecule has 0 saturated carbocycles. The van der Waals surface area contributed by atoms with Crippen LogP contribution in [-0.2, 0) is 0 Å². The average Bonchev–Trinajstić information content (AvgIpc) is 2.45. The van der Waals surface area contributed by atoms with Gasteiger partial charge in [0.25, 0.3) is 0 Å². The standard InChI is InChI=1S/C20H42N2/c1-5-6-7-9-12-18(4)15-16-19(17(2)3)13-10-8-11-14-20(21)22/h18-20H,2,5-16,21-22H2,1,3-4H3. The minimum atomic E-state index is -0.134. The third-order valence-electron chi connectivity index (χ3n) is 4.85. The first-order valence-corrected chi connectivity index (χ1v) is 9.63. The van der Waals surface area contributed by atoms with Gasteiger partial charge in [-0.25, -0.2) is 0 Å². The van der Waals surface area contributed by atoms with Crippen LogP contribution in [0, 0.1) is 11.8 Å². The normalized spacial score (nSPS) is 14.3. The Morgan fingerprint density at radius 3 is 2.00 bits per heavy atom. The molecule has 0 saturated heterocycles. The zero-order chi connectivity index (χ0) is 16.8. The van der Waals surface area contributed by atoms with Crippen LogP contribution < -0.4 is 11.5 Å². The summed E-state index contributed by atoms with van der Waals surface area (Å²) in [7, 11) is 0. The van der Waals surface area contributed by atoms with E-state index in [9.17, 15) is 0 Å². The van der Waals surface area contributed by atoms with E-state index < -0.39 is 0 Å². The Hall–Kier alpha value is -0.340. The molecule has 2 unspecified atom stereocenters. The Morgan fingerprint density at radius 2 is 1.41 bits per heavy atom. The molecular weight excluding hydrogens is 268 g/mol. The third-order valence-corrected chi connectivity index (χ3v) is 4.85. The highest BCUT2D eigenvalue weighted by Crippen LogP contribution is 2.26. The zero-order valence-electron chi connectivity index (χ0n) is 15.6. The van der Waals surface area contributed by atoms with Gasteiger partial charge < -0.3 is 11.5 Å². The minimum absolute atomic E-state index is 0.134. The highest BCUT2D eigenvalue weighted by atomic mass is 14.8. The monoisotopic (exact) mass is 310 g/mol. The van der Waals surface area contributed by atoms with E-state index in [-0.39, 0.29) is 6.17 Å². The van der Waals surface area contributed by atoms with Gasteiger partial charge in [0.1, 0.15) is 0 Å². The smallest absolute Gasteiger partial charge is 0.0520 e. The van der Waals surface area contributed by atoms with Gasteiger partial charge in [0, 0.05) is 0 Å². The fourth-order valence-corrected chi connectivity index (χ4v) is 3.13. The topological polar surface area (TPSA) is 52.0 Å². The van der Waals surface area contributed by atoms with Gasteiger partial charge in [-0.05, 0) is 38.0 Å². The minimum Gasteiger partial charge on any atom is -0.316 e. The average molecular weight is 311 g/mol. The highest BCUT2D eigenvalue weighted by Gasteiger charge is 2.12. The van der Waals surface area contributed by atoms with Gasteiger partial charge in [-0.2, -0.15) is 0 Å². The summed E-state index contributed by atoms with van der Waals surface area (Å²) in [5.74, 6) is 1.58. The molecule has 0 spiro atoms. The molecule has 0 heterocycles. The number of unbranched alkanes of at least 4 members (excludes halogenated alkanes) is 5. The van der Waals surface area contributed by atoms with Crippen molar-refractivity contribution in [1.29, 1.82) is 0 Å². The predicted octanol–water partition coefficient (Wildman–Crippen LogP) is 5.76. The van der Waals surface area contributed by atoms with Crippen molar-refractivity contribution >= 4 is 0 Å². The van der Waals surface area contributed by atoms with Crippen molar-refractivity contribution in [1.82, 2.24) is 0 Å². The molecular formula is C20H42N2. The van der Waals surface area contributed by atoms with Crippen LogP contribution in [0.2, 0.25) is 0 Å². The molecule has 132 valence electrons. The molecule has 2 nitrogen and oxygen atoms in total. The van der Waals surface area contributed by atoms with Gasteiger partial charge in [0.2, 0.25) is 0 Å². The van der Waals surface area contributed by atoms with E-state index in [1.54, 1.807) is 0 Å². The first kappa shape index (κ1) is 21.7. The quantitative estimate of drug-likeness (QED) is 0.229. The lowest BCUT2D eigenvalue weighted by molar-refractivity contribution is 0.388. The molecule has 22 heavy (non-hydrogen) atoms. The summed E-state index contributed by atoms with van der Waals surface area (Å²) in [6.07, 6.45) is 15.4. The molecule has 2 heteroatoms. The molecule has 0 aromatic heterocycles. The van der Waals surface area contributed by atoms with Crippen LogP contribution >= 0.6 is 0 Å². The van der Waals surface area contributed by atoms with Crippen LogP contribution in [-0.4, -0.2) is 6.17 Å². The van der Waals surface area contributed by atoms with Gasteiger partial charge >= 0.3 is 0 Å². The molecule has 0 aliphatic rings. The van der Waals surface area contributed by atoms with E-state index in [0.717, 1.165) is 18.8 Å². The number of hydrogen-bond donors (Lipinski definition) is 2. The van der Waals surface area contributed by atoms with E-state index in [1.807, 2.05) is 0 Å². The summed E-state index contributed by atoms with van der Waals surface area (Å²) < 4.78 is 0. The maximum absolute atomic E-state index is 5.59. The summed E-state index contributed by atoms with van der Waals surface area (Å²) in [6, 6.07) is 0. The van der Waals surface area contributed by atoms with Crippen molar-refractivity contribution in [3.05, 3.63) is 12.2 Å². The Labute approximate surface area is 140 Å². The molecule has 0 rings (SSSR count).